The molecule has 0 radical (unpaired) electrons. The van der Waals surface area contributed by atoms with Gasteiger partial charge in [0.25, 0.3) is 0 Å². The molecule has 0 aromatic carbocycles. The molecule has 1 saturated heterocycles. The van der Waals surface area contributed by atoms with E-state index >= 15 is 0 Å². The Balaban J connectivity index is 1.53. The molecular formula is C12H18BrNOS. The van der Waals surface area contributed by atoms with E-state index in [1.54, 1.807) is 11.3 Å². The lowest BCUT2D eigenvalue weighted by molar-refractivity contribution is 0.102. The summed E-state index contributed by atoms with van der Waals surface area (Å²) in [5, 5.41) is 5.60. The van der Waals surface area contributed by atoms with Crippen molar-refractivity contribution in [3.05, 3.63) is 20.8 Å². The molecule has 0 bridgehead atoms. The van der Waals surface area contributed by atoms with E-state index in [1.165, 1.54) is 35.0 Å². The number of hydrogen-bond donors (Lipinski definition) is 1. The molecule has 1 aliphatic heterocycles. The van der Waals surface area contributed by atoms with Crippen LogP contribution in [0.4, 0.5) is 0 Å². The molecule has 1 unspecified atom stereocenters. The predicted molar refractivity (Wildman–Crippen MR) is 71.9 cm³/mol. The van der Waals surface area contributed by atoms with E-state index in [0.29, 0.717) is 6.10 Å². The second-order valence-corrected chi connectivity index (χ2v) is 6.00. The number of thiophene rings is 1. The Hall–Kier alpha value is 0.1000. The van der Waals surface area contributed by atoms with Crippen LogP contribution < -0.4 is 5.32 Å². The zero-order valence-corrected chi connectivity index (χ0v) is 11.8. The molecular weight excluding hydrogens is 286 g/mol. The van der Waals surface area contributed by atoms with Crippen LogP contribution in [0.1, 0.15) is 30.6 Å². The van der Waals surface area contributed by atoms with Crippen molar-refractivity contribution >= 4 is 27.3 Å². The number of nitrogens with one attached hydrogen (secondary N) is 1. The minimum atomic E-state index is 0.537. The highest BCUT2D eigenvalue weighted by Gasteiger charge is 2.14. The fraction of sp³-hybridized carbons (Fsp3) is 0.667. The van der Waals surface area contributed by atoms with Crippen molar-refractivity contribution in [3.8, 4) is 0 Å². The Kier molecular flexibility index (Phi) is 5.29. The van der Waals surface area contributed by atoms with Crippen LogP contribution in [0.25, 0.3) is 0 Å². The monoisotopic (exact) mass is 303 g/mol. The topological polar surface area (TPSA) is 21.3 Å². The van der Waals surface area contributed by atoms with Crippen molar-refractivity contribution in [1.29, 1.82) is 0 Å². The quantitative estimate of drug-likeness (QED) is 0.811. The lowest BCUT2D eigenvalue weighted by atomic mass is 10.1. The molecule has 1 atom stereocenters. The summed E-state index contributed by atoms with van der Waals surface area (Å²) in [7, 11) is 0. The summed E-state index contributed by atoms with van der Waals surface area (Å²) in [4.78, 5) is 1.39. The van der Waals surface area contributed by atoms with Crippen molar-refractivity contribution in [1.82, 2.24) is 5.32 Å². The third-order valence-electron chi connectivity index (χ3n) is 2.88. The number of rotatable bonds is 6. The van der Waals surface area contributed by atoms with Crippen LogP contribution in [0.2, 0.25) is 0 Å². The summed E-state index contributed by atoms with van der Waals surface area (Å²) in [5.41, 5.74) is 0. The molecule has 90 valence electrons. The second kappa shape index (κ2) is 6.74. The maximum atomic E-state index is 5.59. The minimum Gasteiger partial charge on any atom is -0.378 e. The standard InChI is InChI=1S/C12H18BrNOS/c13-11-5-8-16-12(11)9-14-6-1-3-10-4-2-7-15-10/h5,8,10,14H,1-4,6-7,9H2. The van der Waals surface area contributed by atoms with Gasteiger partial charge in [-0.15, -0.1) is 11.3 Å². The van der Waals surface area contributed by atoms with Gasteiger partial charge < -0.3 is 10.1 Å². The molecule has 0 saturated carbocycles. The zero-order valence-electron chi connectivity index (χ0n) is 9.38. The van der Waals surface area contributed by atoms with Gasteiger partial charge in [-0.2, -0.15) is 0 Å². The Morgan fingerprint density at radius 3 is 3.19 bits per heavy atom. The molecule has 1 N–H and O–H groups in total. The Morgan fingerprint density at radius 1 is 1.56 bits per heavy atom. The first kappa shape index (κ1) is 12.6. The van der Waals surface area contributed by atoms with Crippen LogP contribution in [0.15, 0.2) is 15.9 Å². The van der Waals surface area contributed by atoms with Crippen LogP contribution in [0.5, 0.6) is 0 Å². The number of halogens is 1. The Bertz CT molecular complexity index is 310. The van der Waals surface area contributed by atoms with E-state index in [0.717, 1.165) is 19.7 Å². The first-order chi connectivity index (χ1) is 7.86. The van der Waals surface area contributed by atoms with Gasteiger partial charge in [-0.25, -0.2) is 0 Å². The predicted octanol–water partition coefficient (Wildman–Crippen LogP) is 3.56. The average molecular weight is 304 g/mol. The smallest absolute Gasteiger partial charge is 0.0576 e. The van der Waals surface area contributed by atoms with Crippen LogP contribution >= 0.6 is 27.3 Å². The highest BCUT2D eigenvalue weighted by Crippen LogP contribution is 2.22. The fourth-order valence-corrected chi connectivity index (χ4v) is 3.44. The van der Waals surface area contributed by atoms with E-state index in [-0.39, 0.29) is 0 Å². The number of ether oxygens (including phenoxy) is 1. The van der Waals surface area contributed by atoms with Crippen LogP contribution in [0, 0.1) is 0 Å². The van der Waals surface area contributed by atoms with Gasteiger partial charge in [0.05, 0.1) is 6.10 Å². The molecule has 2 nitrogen and oxygen atoms in total. The number of hydrogen-bond acceptors (Lipinski definition) is 3. The van der Waals surface area contributed by atoms with Crippen molar-refractivity contribution in [2.75, 3.05) is 13.2 Å². The van der Waals surface area contributed by atoms with E-state index in [9.17, 15) is 0 Å². The molecule has 0 amide bonds. The van der Waals surface area contributed by atoms with E-state index in [4.69, 9.17) is 4.74 Å². The zero-order chi connectivity index (χ0) is 11.2. The highest BCUT2D eigenvalue weighted by molar-refractivity contribution is 9.10. The summed E-state index contributed by atoms with van der Waals surface area (Å²) >= 11 is 5.34. The van der Waals surface area contributed by atoms with Crippen molar-refractivity contribution < 1.29 is 4.74 Å². The molecule has 1 aromatic heterocycles. The Labute approximate surface area is 110 Å². The van der Waals surface area contributed by atoms with E-state index in [1.807, 2.05) is 0 Å². The molecule has 4 heteroatoms. The SMILES string of the molecule is Brc1ccsc1CNCCCC1CCCO1. The fourth-order valence-electron chi connectivity index (χ4n) is 1.98. The van der Waals surface area contributed by atoms with Gasteiger partial charge in [0, 0.05) is 22.5 Å². The van der Waals surface area contributed by atoms with Crippen LogP contribution in [0.3, 0.4) is 0 Å². The van der Waals surface area contributed by atoms with Gasteiger partial charge in [0.2, 0.25) is 0 Å². The minimum absolute atomic E-state index is 0.537. The summed E-state index contributed by atoms with van der Waals surface area (Å²) < 4.78 is 6.82. The summed E-state index contributed by atoms with van der Waals surface area (Å²) in [6, 6.07) is 2.11. The first-order valence-electron chi connectivity index (χ1n) is 5.90. The Morgan fingerprint density at radius 2 is 2.50 bits per heavy atom. The maximum absolute atomic E-state index is 5.59. The van der Waals surface area contributed by atoms with Crippen molar-refractivity contribution in [2.45, 2.75) is 38.3 Å². The lowest BCUT2D eigenvalue weighted by Gasteiger charge is -2.09. The third kappa shape index (κ3) is 3.84. The normalized spacial score (nSPS) is 20.4. The molecule has 2 heterocycles. The van der Waals surface area contributed by atoms with Gasteiger partial charge in [-0.1, -0.05) is 0 Å². The largest absolute Gasteiger partial charge is 0.378 e. The van der Waals surface area contributed by atoms with Gasteiger partial charge in [-0.3, -0.25) is 0 Å². The maximum Gasteiger partial charge on any atom is 0.0576 e. The van der Waals surface area contributed by atoms with Crippen molar-refractivity contribution in [3.63, 3.8) is 0 Å². The average Bonchev–Trinajstić information content (AvgIpc) is 2.90. The molecule has 1 aromatic rings. The lowest BCUT2D eigenvalue weighted by Crippen LogP contribution is -2.16. The second-order valence-electron chi connectivity index (χ2n) is 4.15. The van der Waals surface area contributed by atoms with Gasteiger partial charge in [0.15, 0.2) is 0 Å². The van der Waals surface area contributed by atoms with E-state index in [2.05, 4.69) is 32.7 Å². The van der Waals surface area contributed by atoms with Gasteiger partial charge in [-0.05, 0) is 59.6 Å². The van der Waals surface area contributed by atoms with Gasteiger partial charge in [0.1, 0.15) is 0 Å². The van der Waals surface area contributed by atoms with Crippen LogP contribution in [-0.2, 0) is 11.3 Å². The first-order valence-corrected chi connectivity index (χ1v) is 7.58. The molecule has 1 fully saturated rings. The van der Waals surface area contributed by atoms with E-state index < -0.39 is 0 Å². The third-order valence-corrected chi connectivity index (χ3v) is 4.81. The molecule has 16 heavy (non-hydrogen) atoms. The molecule has 2 rings (SSSR count). The summed E-state index contributed by atoms with van der Waals surface area (Å²) in [6.45, 7) is 3.04. The highest BCUT2D eigenvalue weighted by atomic mass is 79.9. The van der Waals surface area contributed by atoms with Gasteiger partial charge >= 0.3 is 0 Å². The summed E-state index contributed by atoms with van der Waals surface area (Å²) in [6.07, 6.45) is 5.47. The molecule has 0 spiro atoms. The van der Waals surface area contributed by atoms with Crippen LogP contribution in [-0.4, -0.2) is 19.3 Å². The molecule has 1 aliphatic rings. The summed E-state index contributed by atoms with van der Waals surface area (Å²) in [5.74, 6) is 0. The van der Waals surface area contributed by atoms with Crippen molar-refractivity contribution in [2.24, 2.45) is 0 Å². The molecule has 0 aliphatic carbocycles.